The van der Waals surface area contributed by atoms with Gasteiger partial charge in [0.2, 0.25) is 0 Å². The van der Waals surface area contributed by atoms with E-state index in [1.54, 1.807) is 0 Å². The maximum absolute atomic E-state index is 10.9. The van der Waals surface area contributed by atoms with E-state index in [4.69, 9.17) is 0 Å². The van der Waals surface area contributed by atoms with Crippen molar-refractivity contribution in [3.05, 3.63) is 0 Å². The Balaban J connectivity index is 0. The Bertz CT molecular complexity index is 248. The van der Waals surface area contributed by atoms with Crippen LogP contribution in [0.25, 0.3) is 0 Å². The van der Waals surface area contributed by atoms with E-state index in [2.05, 4.69) is 39.0 Å². The van der Waals surface area contributed by atoms with Crippen LogP contribution >= 0.6 is 0 Å². The molecule has 4 nitrogen and oxygen atoms in total. The molecule has 0 aromatic rings. The van der Waals surface area contributed by atoms with E-state index in [9.17, 15) is 8.42 Å². The maximum atomic E-state index is 10.9. The summed E-state index contributed by atoms with van der Waals surface area (Å²) in [6.45, 7) is 8.21. The number of rotatable bonds is 6. The van der Waals surface area contributed by atoms with Crippen molar-refractivity contribution in [2.24, 2.45) is 0 Å². The van der Waals surface area contributed by atoms with E-state index in [-0.39, 0.29) is 5.75 Å². The summed E-state index contributed by atoms with van der Waals surface area (Å²) in [5.41, 5.74) is 0. The van der Waals surface area contributed by atoms with Crippen molar-refractivity contribution in [1.29, 1.82) is 0 Å². The lowest BCUT2D eigenvalue weighted by Crippen LogP contribution is -2.40. The summed E-state index contributed by atoms with van der Waals surface area (Å²) in [5, 5.41) is 0. The van der Waals surface area contributed by atoms with Crippen LogP contribution in [0.5, 0.6) is 0 Å². The van der Waals surface area contributed by atoms with Gasteiger partial charge in [-0.3, -0.25) is 4.18 Å². The lowest BCUT2D eigenvalue weighted by atomic mass is 10.4. The molecule has 0 aromatic heterocycles. The maximum Gasteiger partial charge on any atom is 0.267 e. The third-order valence-electron chi connectivity index (χ3n) is 2.27. The zero-order valence-corrected chi connectivity index (χ0v) is 12.4. The highest BCUT2D eigenvalue weighted by Gasteiger charge is 2.14. The molecule has 0 rings (SSSR count). The van der Waals surface area contributed by atoms with E-state index in [0.717, 1.165) is 17.6 Å². The highest BCUT2D eigenvalue weighted by atomic mass is 32.2. The lowest BCUT2D eigenvalue weighted by Gasteiger charge is -2.27. The predicted molar refractivity (Wildman–Crippen MR) is 68.9 cm³/mol. The summed E-state index contributed by atoms with van der Waals surface area (Å²) in [6, 6.07) is 0. The average molecular weight is 254 g/mol. The third kappa shape index (κ3) is 11.9. The van der Waals surface area contributed by atoms with Gasteiger partial charge in [0, 0.05) is 6.42 Å². The molecule has 0 saturated carbocycles. The second-order valence-corrected chi connectivity index (χ2v) is 6.32. The van der Waals surface area contributed by atoms with Gasteiger partial charge in [0.1, 0.15) is 0 Å². The second kappa shape index (κ2) is 8.96. The molecule has 0 aliphatic carbocycles. The smallest absolute Gasteiger partial charge is 0.267 e. The summed E-state index contributed by atoms with van der Waals surface area (Å²) in [7, 11) is 2.11. The van der Waals surface area contributed by atoms with Gasteiger partial charge in [-0.1, -0.05) is 20.3 Å². The van der Waals surface area contributed by atoms with Gasteiger partial charge < -0.3 is 4.48 Å². The Labute approximate surface area is 101 Å². The third-order valence-corrected chi connectivity index (χ3v) is 3.56. The van der Waals surface area contributed by atoms with Crippen molar-refractivity contribution in [2.75, 3.05) is 40.0 Å². The molecule has 0 heterocycles. The molecule has 0 spiro atoms. The summed E-state index contributed by atoms with van der Waals surface area (Å²) in [5.74, 6) is 0.116. The number of quaternary nitrogens is 1. The first-order valence-electron chi connectivity index (χ1n) is 5.85. The van der Waals surface area contributed by atoms with Crippen LogP contribution in [0.3, 0.4) is 0 Å². The molecule has 0 radical (unpaired) electrons. The Morgan fingerprint density at radius 1 is 1.12 bits per heavy atom. The molecule has 0 aliphatic heterocycles. The number of hydrogen-bond donors (Lipinski definition) is 0. The highest BCUT2D eigenvalue weighted by Crippen LogP contribution is 2.01. The SMILES string of the molecule is CCC.CC[N+](C)(C)CCCS(=O)(=O)OC. The molecule has 16 heavy (non-hydrogen) atoms. The molecular weight excluding hydrogens is 226 g/mol. The van der Waals surface area contributed by atoms with Crippen LogP contribution in [-0.4, -0.2) is 52.9 Å². The summed E-state index contributed by atoms with van der Waals surface area (Å²) in [4.78, 5) is 0. The summed E-state index contributed by atoms with van der Waals surface area (Å²) < 4.78 is 27.1. The van der Waals surface area contributed by atoms with E-state index in [1.807, 2.05) is 0 Å². The first-order chi connectivity index (χ1) is 7.24. The average Bonchev–Trinajstić information content (AvgIpc) is 2.18. The minimum absolute atomic E-state index is 0.116. The molecule has 0 unspecified atom stereocenters. The Hall–Kier alpha value is -0.130. The molecule has 0 atom stereocenters. The van der Waals surface area contributed by atoms with Gasteiger partial charge in [-0.05, 0) is 6.92 Å². The van der Waals surface area contributed by atoms with Gasteiger partial charge in [-0.2, -0.15) is 8.42 Å². The molecule has 0 aromatic carbocycles. The molecule has 0 fully saturated rings. The molecule has 0 saturated heterocycles. The van der Waals surface area contributed by atoms with Gasteiger partial charge >= 0.3 is 0 Å². The van der Waals surface area contributed by atoms with Crippen LogP contribution < -0.4 is 0 Å². The molecule has 0 N–H and O–H groups in total. The lowest BCUT2D eigenvalue weighted by molar-refractivity contribution is -0.888. The molecule has 0 amide bonds. The van der Waals surface area contributed by atoms with Crippen molar-refractivity contribution < 1.29 is 17.1 Å². The van der Waals surface area contributed by atoms with E-state index < -0.39 is 10.1 Å². The van der Waals surface area contributed by atoms with E-state index in [0.29, 0.717) is 6.42 Å². The first kappa shape index (κ1) is 18.2. The summed E-state index contributed by atoms with van der Waals surface area (Å²) >= 11 is 0. The largest absolute Gasteiger partial charge is 0.329 e. The molecule has 0 aliphatic rings. The van der Waals surface area contributed by atoms with Crippen LogP contribution in [0.4, 0.5) is 0 Å². The molecule has 5 heteroatoms. The number of hydrogen-bond acceptors (Lipinski definition) is 3. The monoisotopic (exact) mass is 254 g/mol. The van der Waals surface area contributed by atoms with Crippen LogP contribution in [0.1, 0.15) is 33.6 Å². The van der Waals surface area contributed by atoms with E-state index >= 15 is 0 Å². The van der Waals surface area contributed by atoms with Crippen molar-refractivity contribution in [1.82, 2.24) is 0 Å². The van der Waals surface area contributed by atoms with Gasteiger partial charge in [-0.15, -0.1) is 0 Å². The van der Waals surface area contributed by atoms with Gasteiger partial charge in [0.05, 0.1) is 40.0 Å². The van der Waals surface area contributed by atoms with Crippen molar-refractivity contribution in [2.45, 2.75) is 33.6 Å². The quantitative estimate of drug-likeness (QED) is 0.537. The standard InChI is InChI=1S/C8H20NO3S.C3H8/c1-5-9(2,3)7-6-8-13(10,11)12-4;1-3-2/h5-8H2,1-4H3;3H2,1-2H3/q+1;. The minimum atomic E-state index is -3.26. The molecular formula is C11H28NO3S+. The van der Waals surface area contributed by atoms with Gasteiger partial charge in [0.15, 0.2) is 0 Å². The molecule has 0 bridgehead atoms. The van der Waals surface area contributed by atoms with Crippen molar-refractivity contribution >= 4 is 10.1 Å². The highest BCUT2D eigenvalue weighted by molar-refractivity contribution is 7.86. The topological polar surface area (TPSA) is 43.4 Å². The number of nitrogens with zero attached hydrogens (tertiary/aromatic N) is 1. The fourth-order valence-electron chi connectivity index (χ4n) is 0.911. The zero-order chi connectivity index (χ0) is 13.2. The Kier molecular flexibility index (Phi) is 10.2. The predicted octanol–water partition coefficient (Wildman–Crippen LogP) is 1.87. The summed E-state index contributed by atoms with van der Waals surface area (Å²) in [6.07, 6.45) is 1.90. The van der Waals surface area contributed by atoms with Crippen LogP contribution in [0.2, 0.25) is 0 Å². The normalized spacial score (nSPS) is 11.9. The minimum Gasteiger partial charge on any atom is -0.329 e. The zero-order valence-electron chi connectivity index (χ0n) is 11.6. The van der Waals surface area contributed by atoms with Crippen molar-refractivity contribution in [3.63, 3.8) is 0 Å². The van der Waals surface area contributed by atoms with Crippen LogP contribution in [0.15, 0.2) is 0 Å². The Morgan fingerprint density at radius 3 is 1.88 bits per heavy atom. The van der Waals surface area contributed by atoms with E-state index in [1.165, 1.54) is 13.5 Å². The second-order valence-electron chi connectivity index (χ2n) is 4.46. The van der Waals surface area contributed by atoms with Crippen LogP contribution in [-0.2, 0) is 14.3 Å². The van der Waals surface area contributed by atoms with Crippen molar-refractivity contribution in [3.8, 4) is 0 Å². The fourth-order valence-corrected chi connectivity index (χ4v) is 1.56. The fraction of sp³-hybridized carbons (Fsp3) is 1.00. The Morgan fingerprint density at radius 2 is 1.56 bits per heavy atom. The van der Waals surface area contributed by atoms with Gasteiger partial charge in [-0.25, -0.2) is 0 Å². The van der Waals surface area contributed by atoms with Gasteiger partial charge in [0.25, 0.3) is 10.1 Å². The van der Waals surface area contributed by atoms with Crippen LogP contribution in [0, 0.1) is 0 Å². The first-order valence-corrected chi connectivity index (χ1v) is 7.42. The molecule has 100 valence electrons.